The number of hydrogen-bond donors (Lipinski definition) is 1. The third-order valence-corrected chi connectivity index (χ3v) is 5.57. The Bertz CT molecular complexity index is 946. The molecule has 1 N–H and O–H groups in total. The van der Waals surface area contributed by atoms with Crippen LogP contribution in [0.2, 0.25) is 5.02 Å². The van der Waals surface area contributed by atoms with E-state index in [0.29, 0.717) is 18.0 Å². The molecule has 1 heterocycles. The largest absolute Gasteiger partial charge is 0.339 e. The van der Waals surface area contributed by atoms with Crippen LogP contribution in [0.15, 0.2) is 82.6 Å². The van der Waals surface area contributed by atoms with Crippen molar-refractivity contribution in [2.75, 3.05) is 16.8 Å². The summed E-state index contributed by atoms with van der Waals surface area (Å²) < 4.78 is 0. The summed E-state index contributed by atoms with van der Waals surface area (Å²) in [6.07, 6.45) is 0.389. The number of carbonyl (C=O) groups is 1. The van der Waals surface area contributed by atoms with Gasteiger partial charge in [0.1, 0.15) is 0 Å². The van der Waals surface area contributed by atoms with Crippen LogP contribution in [-0.4, -0.2) is 12.5 Å². The van der Waals surface area contributed by atoms with Gasteiger partial charge in [0.2, 0.25) is 5.91 Å². The monoisotopic (exact) mass is 380 g/mol. The summed E-state index contributed by atoms with van der Waals surface area (Å²) in [5.41, 5.74) is 2.98. The number of benzene rings is 3. The van der Waals surface area contributed by atoms with Crippen molar-refractivity contribution < 1.29 is 4.79 Å². The molecule has 3 aromatic carbocycles. The third-order valence-electron chi connectivity index (χ3n) is 4.21. The Morgan fingerprint density at radius 1 is 0.923 bits per heavy atom. The first-order chi connectivity index (χ1) is 12.7. The average molecular weight is 381 g/mol. The van der Waals surface area contributed by atoms with Crippen LogP contribution in [0.5, 0.6) is 0 Å². The van der Waals surface area contributed by atoms with E-state index >= 15 is 0 Å². The number of hydrogen-bond acceptors (Lipinski definition) is 3. The molecule has 26 heavy (non-hydrogen) atoms. The van der Waals surface area contributed by atoms with Crippen molar-refractivity contribution >= 4 is 46.3 Å². The third kappa shape index (κ3) is 3.57. The van der Waals surface area contributed by atoms with Gasteiger partial charge in [0.15, 0.2) is 0 Å². The lowest BCUT2D eigenvalue weighted by Crippen LogP contribution is -2.25. The van der Waals surface area contributed by atoms with E-state index in [4.69, 9.17) is 11.6 Å². The van der Waals surface area contributed by atoms with E-state index in [0.717, 1.165) is 22.0 Å². The molecule has 0 saturated carbocycles. The summed E-state index contributed by atoms with van der Waals surface area (Å²) in [6.45, 7) is 0.587. The predicted molar refractivity (Wildman–Crippen MR) is 109 cm³/mol. The van der Waals surface area contributed by atoms with Gasteiger partial charge in [0.05, 0.1) is 11.4 Å². The van der Waals surface area contributed by atoms with Crippen LogP contribution in [0.25, 0.3) is 0 Å². The Morgan fingerprint density at radius 2 is 1.65 bits per heavy atom. The molecule has 130 valence electrons. The van der Waals surface area contributed by atoms with Crippen molar-refractivity contribution in [1.29, 1.82) is 0 Å². The Kier molecular flexibility index (Phi) is 4.87. The lowest BCUT2D eigenvalue weighted by molar-refractivity contribution is -0.116. The molecule has 4 rings (SSSR count). The van der Waals surface area contributed by atoms with Crippen LogP contribution in [-0.2, 0) is 4.79 Å². The quantitative estimate of drug-likeness (QED) is 0.605. The number of nitrogens with one attached hydrogen (secondary N) is 1. The van der Waals surface area contributed by atoms with Crippen molar-refractivity contribution in [2.45, 2.75) is 16.2 Å². The van der Waals surface area contributed by atoms with Crippen molar-refractivity contribution in [1.82, 2.24) is 0 Å². The second-order valence-electron chi connectivity index (χ2n) is 6.00. The number of nitrogens with zero attached hydrogens (tertiary/aromatic N) is 1. The summed E-state index contributed by atoms with van der Waals surface area (Å²) >= 11 is 7.95. The fourth-order valence-corrected chi connectivity index (χ4v) is 4.24. The van der Waals surface area contributed by atoms with Crippen LogP contribution in [0.3, 0.4) is 0 Å². The highest BCUT2D eigenvalue weighted by Crippen LogP contribution is 2.48. The van der Waals surface area contributed by atoms with Crippen molar-refractivity contribution in [3.05, 3.63) is 77.8 Å². The van der Waals surface area contributed by atoms with Gasteiger partial charge in [-0.25, -0.2) is 0 Å². The first-order valence-corrected chi connectivity index (χ1v) is 9.59. The van der Waals surface area contributed by atoms with Crippen LogP contribution in [0, 0.1) is 0 Å². The van der Waals surface area contributed by atoms with Crippen molar-refractivity contribution in [3.8, 4) is 0 Å². The van der Waals surface area contributed by atoms with Gasteiger partial charge >= 0.3 is 0 Å². The lowest BCUT2D eigenvalue weighted by atomic mass is 10.2. The van der Waals surface area contributed by atoms with Crippen LogP contribution < -0.4 is 10.2 Å². The number of carbonyl (C=O) groups excluding carboxylic acids is 1. The first kappa shape index (κ1) is 17.0. The Hall–Kier alpha value is -2.43. The van der Waals surface area contributed by atoms with E-state index in [2.05, 4.69) is 22.3 Å². The van der Waals surface area contributed by atoms with Gasteiger partial charge in [-0.1, -0.05) is 53.7 Å². The van der Waals surface area contributed by atoms with E-state index in [-0.39, 0.29) is 5.91 Å². The minimum atomic E-state index is -0.00418. The maximum atomic E-state index is 12.4. The molecule has 0 atom stereocenters. The van der Waals surface area contributed by atoms with E-state index < -0.39 is 0 Å². The number of fused-ring (bicyclic) bond motifs is 2. The molecule has 0 spiro atoms. The molecule has 1 aliphatic rings. The zero-order chi connectivity index (χ0) is 17.9. The molecule has 0 fully saturated rings. The summed E-state index contributed by atoms with van der Waals surface area (Å²) in [5.74, 6) is -0.00418. The molecule has 0 radical (unpaired) electrons. The lowest BCUT2D eigenvalue weighted by Gasteiger charge is -2.32. The first-order valence-electron chi connectivity index (χ1n) is 8.39. The van der Waals surface area contributed by atoms with E-state index in [1.54, 1.807) is 11.8 Å². The van der Waals surface area contributed by atoms with Crippen LogP contribution >= 0.6 is 23.4 Å². The van der Waals surface area contributed by atoms with Gasteiger partial charge in [0.25, 0.3) is 0 Å². The molecule has 0 aliphatic carbocycles. The smallest absolute Gasteiger partial charge is 0.226 e. The number of para-hydroxylation sites is 2. The van der Waals surface area contributed by atoms with Gasteiger partial charge in [-0.15, -0.1) is 0 Å². The fourth-order valence-electron chi connectivity index (χ4n) is 3.00. The average Bonchev–Trinajstić information content (AvgIpc) is 2.66. The second-order valence-corrected chi connectivity index (χ2v) is 7.52. The summed E-state index contributed by atoms with van der Waals surface area (Å²) in [5, 5.41) is 3.64. The molecule has 5 heteroatoms. The van der Waals surface area contributed by atoms with E-state index in [1.807, 2.05) is 60.7 Å². The van der Waals surface area contributed by atoms with Gasteiger partial charge in [0, 0.05) is 33.5 Å². The number of rotatable bonds is 4. The van der Waals surface area contributed by atoms with E-state index in [9.17, 15) is 4.79 Å². The summed E-state index contributed by atoms with van der Waals surface area (Å²) in [6, 6.07) is 23.7. The zero-order valence-corrected chi connectivity index (χ0v) is 15.6. The topological polar surface area (TPSA) is 32.3 Å². The Balaban J connectivity index is 1.56. The minimum Gasteiger partial charge on any atom is -0.339 e. The molecule has 3 aromatic rings. The summed E-state index contributed by atoms with van der Waals surface area (Å²) in [4.78, 5) is 16.9. The molecule has 0 saturated heterocycles. The van der Waals surface area contributed by atoms with Crippen LogP contribution in [0.1, 0.15) is 6.42 Å². The highest BCUT2D eigenvalue weighted by atomic mass is 35.5. The summed E-state index contributed by atoms with van der Waals surface area (Å²) in [7, 11) is 0. The molecule has 0 bridgehead atoms. The Morgan fingerprint density at radius 3 is 2.50 bits per heavy atom. The molecule has 0 aromatic heterocycles. The second kappa shape index (κ2) is 7.44. The maximum Gasteiger partial charge on any atom is 0.226 e. The van der Waals surface area contributed by atoms with Gasteiger partial charge in [-0.2, -0.15) is 0 Å². The SMILES string of the molecule is O=C(CCN1c2ccccc2Sc2ccc(Cl)cc21)Nc1ccccc1. The highest BCUT2D eigenvalue weighted by molar-refractivity contribution is 7.99. The van der Waals surface area contributed by atoms with E-state index in [1.165, 1.54) is 4.90 Å². The van der Waals surface area contributed by atoms with Gasteiger partial charge < -0.3 is 10.2 Å². The van der Waals surface area contributed by atoms with Crippen molar-refractivity contribution in [3.63, 3.8) is 0 Å². The highest BCUT2D eigenvalue weighted by Gasteiger charge is 2.23. The normalized spacial score (nSPS) is 12.3. The molecular formula is C21H17ClN2OS. The molecule has 3 nitrogen and oxygen atoms in total. The molecule has 1 amide bonds. The number of halogens is 1. The minimum absolute atomic E-state index is 0.00418. The molecule has 1 aliphatic heterocycles. The predicted octanol–water partition coefficient (Wildman–Crippen LogP) is 5.97. The van der Waals surface area contributed by atoms with Crippen molar-refractivity contribution in [2.24, 2.45) is 0 Å². The fraction of sp³-hybridized carbons (Fsp3) is 0.0952. The zero-order valence-electron chi connectivity index (χ0n) is 14.0. The Labute approximate surface area is 162 Å². The van der Waals surface area contributed by atoms with Crippen LogP contribution in [0.4, 0.5) is 17.1 Å². The maximum absolute atomic E-state index is 12.4. The molecular weight excluding hydrogens is 364 g/mol. The van der Waals surface area contributed by atoms with Gasteiger partial charge in [-0.3, -0.25) is 4.79 Å². The standard InChI is InChI=1S/C21H17ClN2OS/c22-15-10-11-20-18(14-15)24(17-8-4-5-9-19(17)26-20)13-12-21(25)23-16-6-2-1-3-7-16/h1-11,14H,12-13H2,(H,23,25). The molecule has 0 unspecified atom stereocenters. The van der Waals surface area contributed by atoms with Gasteiger partial charge in [-0.05, 0) is 42.5 Å². The number of anilines is 3. The number of amides is 1.